The van der Waals surface area contributed by atoms with Crippen LogP contribution >= 0.6 is 27.3 Å². The third kappa shape index (κ3) is 3.60. The Morgan fingerprint density at radius 3 is 2.76 bits per heavy atom. The molecule has 1 fully saturated rings. The van der Waals surface area contributed by atoms with Crippen LogP contribution in [0.2, 0.25) is 0 Å². The first-order chi connectivity index (χ1) is 14.1. The monoisotopic (exact) mass is 467 g/mol. The number of rotatable bonds is 3. The van der Waals surface area contributed by atoms with E-state index in [0.717, 1.165) is 39.4 Å². The molecule has 1 saturated carbocycles. The van der Waals surface area contributed by atoms with E-state index in [0.29, 0.717) is 29.3 Å². The quantitative estimate of drug-likeness (QED) is 0.569. The van der Waals surface area contributed by atoms with Crippen LogP contribution in [0.15, 0.2) is 53.1 Å². The Kier molecular flexibility index (Phi) is 4.72. The Labute approximate surface area is 180 Å². The van der Waals surface area contributed by atoms with Crippen LogP contribution < -0.4 is 10.2 Å². The van der Waals surface area contributed by atoms with E-state index < -0.39 is 0 Å². The van der Waals surface area contributed by atoms with Crippen LogP contribution in [0.3, 0.4) is 0 Å². The van der Waals surface area contributed by atoms with E-state index in [4.69, 9.17) is 0 Å². The number of thiophene rings is 1. The molecule has 2 aliphatic rings. The minimum absolute atomic E-state index is 0.00863. The van der Waals surface area contributed by atoms with Gasteiger partial charge in [-0.1, -0.05) is 24.3 Å². The number of hydrogen-bond donors (Lipinski definition) is 1. The summed E-state index contributed by atoms with van der Waals surface area (Å²) in [4.78, 5) is 33.7. The van der Waals surface area contributed by atoms with E-state index in [1.807, 2.05) is 36.4 Å². The highest BCUT2D eigenvalue weighted by Gasteiger charge is 2.29. The number of halogens is 1. The van der Waals surface area contributed by atoms with Gasteiger partial charge in [0.1, 0.15) is 10.3 Å². The van der Waals surface area contributed by atoms with Crippen molar-refractivity contribution in [2.45, 2.75) is 25.3 Å². The molecule has 146 valence electrons. The van der Waals surface area contributed by atoms with Crippen LogP contribution in [0.5, 0.6) is 0 Å². The average molecular weight is 468 g/mol. The third-order valence-electron chi connectivity index (χ3n) is 5.17. The molecule has 0 atom stereocenters. The number of anilines is 1. The number of nitrogens with one attached hydrogen (secondary N) is 1. The van der Waals surface area contributed by atoms with Gasteiger partial charge in [0.25, 0.3) is 11.8 Å². The van der Waals surface area contributed by atoms with Crippen LogP contribution in [0.4, 0.5) is 5.69 Å². The van der Waals surface area contributed by atoms with Gasteiger partial charge in [-0.05, 0) is 65.0 Å². The molecule has 2 aromatic heterocycles. The summed E-state index contributed by atoms with van der Waals surface area (Å²) in [5.41, 5.74) is 3.36. The summed E-state index contributed by atoms with van der Waals surface area (Å²) in [5.74, 6) is -0.116. The molecular formula is C22H18BrN3O2S. The smallest absolute Gasteiger partial charge is 0.276 e. The summed E-state index contributed by atoms with van der Waals surface area (Å²) >= 11 is 4.85. The normalized spacial score (nSPS) is 15.3. The Balaban J connectivity index is 1.52. The molecule has 0 radical (unpaired) electrons. The zero-order valence-electron chi connectivity index (χ0n) is 15.5. The zero-order chi connectivity index (χ0) is 20.0. The van der Waals surface area contributed by atoms with Crippen molar-refractivity contribution in [2.75, 3.05) is 11.4 Å². The Hall–Kier alpha value is -2.51. The summed E-state index contributed by atoms with van der Waals surface area (Å²) in [6.45, 7) is 0.539. The lowest BCUT2D eigenvalue weighted by Crippen LogP contribution is -2.33. The highest BCUT2D eigenvalue weighted by molar-refractivity contribution is 9.10. The van der Waals surface area contributed by atoms with E-state index in [2.05, 4.69) is 26.2 Å². The topological polar surface area (TPSA) is 62.3 Å². The van der Waals surface area contributed by atoms with Gasteiger partial charge in [-0.15, -0.1) is 11.3 Å². The summed E-state index contributed by atoms with van der Waals surface area (Å²) in [6, 6.07) is 15.6. The van der Waals surface area contributed by atoms with Gasteiger partial charge in [-0.2, -0.15) is 0 Å². The van der Waals surface area contributed by atoms with Gasteiger partial charge in [0, 0.05) is 23.0 Å². The molecule has 29 heavy (non-hydrogen) atoms. The molecule has 5 rings (SSSR count). The van der Waals surface area contributed by atoms with E-state index >= 15 is 0 Å². The number of fused-ring (bicyclic) bond motifs is 3. The lowest BCUT2D eigenvalue weighted by Gasteiger charge is -2.22. The van der Waals surface area contributed by atoms with Gasteiger partial charge >= 0.3 is 0 Å². The first-order valence-electron chi connectivity index (χ1n) is 9.57. The second-order valence-electron chi connectivity index (χ2n) is 7.28. The maximum absolute atomic E-state index is 13.2. The van der Waals surface area contributed by atoms with Crippen molar-refractivity contribution in [2.24, 2.45) is 0 Å². The minimum Gasteiger partial charge on any atom is -0.349 e. The standard InChI is InChI=1S/C22H18BrN3O2S/c23-19-7-3-5-16(25-19)22(28)26-11-10-13-12-18(21(27)24-14-8-9-14)29-20(13)15-4-1-2-6-17(15)26/h1-7,12,14H,8-11H2,(H,24,27). The second kappa shape index (κ2) is 7.39. The van der Waals surface area contributed by atoms with Crippen LogP contribution in [0.25, 0.3) is 10.4 Å². The van der Waals surface area contributed by atoms with Gasteiger partial charge in [0.2, 0.25) is 0 Å². The van der Waals surface area contributed by atoms with E-state index in [-0.39, 0.29) is 11.8 Å². The number of amides is 2. The number of nitrogens with zero attached hydrogens (tertiary/aromatic N) is 2. The Morgan fingerprint density at radius 1 is 1.14 bits per heavy atom. The van der Waals surface area contributed by atoms with Crippen molar-refractivity contribution in [1.29, 1.82) is 0 Å². The van der Waals surface area contributed by atoms with Gasteiger partial charge in [0.05, 0.1) is 10.6 Å². The number of benzene rings is 1. The van der Waals surface area contributed by atoms with Gasteiger partial charge < -0.3 is 10.2 Å². The zero-order valence-corrected chi connectivity index (χ0v) is 17.9. The lowest BCUT2D eigenvalue weighted by atomic mass is 10.1. The number of aromatic nitrogens is 1. The first-order valence-corrected chi connectivity index (χ1v) is 11.2. The van der Waals surface area contributed by atoms with Gasteiger partial charge in [0.15, 0.2) is 0 Å². The second-order valence-corrected chi connectivity index (χ2v) is 9.15. The summed E-state index contributed by atoms with van der Waals surface area (Å²) in [6.07, 6.45) is 2.83. The number of hydrogen-bond acceptors (Lipinski definition) is 4. The fourth-order valence-corrected chi connectivity index (χ4v) is 5.06. The van der Waals surface area contributed by atoms with Crippen LogP contribution in [0.1, 0.15) is 38.6 Å². The summed E-state index contributed by atoms with van der Waals surface area (Å²) < 4.78 is 0.636. The highest BCUT2D eigenvalue weighted by atomic mass is 79.9. The van der Waals surface area contributed by atoms with E-state index in [1.165, 1.54) is 11.3 Å². The molecule has 3 heterocycles. The maximum Gasteiger partial charge on any atom is 0.276 e. The highest BCUT2D eigenvalue weighted by Crippen LogP contribution is 2.41. The molecule has 7 heteroatoms. The molecule has 3 aromatic rings. The molecule has 2 amide bonds. The molecule has 0 unspecified atom stereocenters. The predicted octanol–water partition coefficient (Wildman–Crippen LogP) is 4.67. The van der Waals surface area contributed by atoms with Crippen LogP contribution in [0, 0.1) is 0 Å². The fourth-order valence-electron chi connectivity index (χ4n) is 3.57. The van der Waals surface area contributed by atoms with Crippen LogP contribution in [-0.2, 0) is 6.42 Å². The molecule has 5 nitrogen and oxygen atoms in total. The Morgan fingerprint density at radius 2 is 1.97 bits per heavy atom. The van der Waals surface area contributed by atoms with Crippen LogP contribution in [-0.4, -0.2) is 29.4 Å². The predicted molar refractivity (Wildman–Crippen MR) is 118 cm³/mol. The van der Waals surface area contributed by atoms with E-state index in [1.54, 1.807) is 17.0 Å². The number of pyridine rings is 1. The number of carbonyl (C=O) groups excluding carboxylic acids is 2. The molecule has 1 aliphatic carbocycles. The molecule has 1 aromatic carbocycles. The van der Waals surface area contributed by atoms with Crippen molar-refractivity contribution in [3.8, 4) is 10.4 Å². The molecular weight excluding hydrogens is 450 g/mol. The first kappa shape index (κ1) is 18.5. The van der Waals surface area contributed by atoms with Gasteiger partial charge in [-0.25, -0.2) is 4.98 Å². The SMILES string of the molecule is O=C(NC1CC1)c1cc2c(s1)-c1ccccc1N(C(=O)c1cccc(Br)n1)CC2. The summed E-state index contributed by atoms with van der Waals surface area (Å²) in [5, 5.41) is 3.07. The molecule has 0 saturated heterocycles. The minimum atomic E-state index is -0.124. The van der Waals surface area contributed by atoms with Crippen molar-refractivity contribution in [1.82, 2.24) is 10.3 Å². The number of carbonyl (C=O) groups is 2. The largest absolute Gasteiger partial charge is 0.349 e. The van der Waals surface area contributed by atoms with E-state index in [9.17, 15) is 9.59 Å². The fraction of sp³-hybridized carbons (Fsp3) is 0.227. The maximum atomic E-state index is 13.2. The third-order valence-corrected chi connectivity index (χ3v) is 6.82. The molecule has 0 spiro atoms. The molecule has 0 bridgehead atoms. The van der Waals surface area contributed by atoms with Gasteiger partial charge in [-0.3, -0.25) is 9.59 Å². The molecule has 1 N–H and O–H groups in total. The molecule has 1 aliphatic heterocycles. The van der Waals surface area contributed by atoms with Crippen molar-refractivity contribution in [3.63, 3.8) is 0 Å². The van der Waals surface area contributed by atoms with Crippen molar-refractivity contribution < 1.29 is 9.59 Å². The lowest BCUT2D eigenvalue weighted by molar-refractivity contribution is 0.0952. The Bertz CT molecular complexity index is 1120. The average Bonchev–Trinajstić information content (AvgIpc) is 3.47. The summed E-state index contributed by atoms with van der Waals surface area (Å²) in [7, 11) is 0. The van der Waals surface area contributed by atoms with Crippen molar-refractivity contribution >= 4 is 44.8 Å². The van der Waals surface area contributed by atoms with Crippen molar-refractivity contribution in [3.05, 3.63) is 69.3 Å². The number of para-hydroxylation sites is 1.